The molecule has 178 valence electrons. The molecule has 0 amide bonds. The van der Waals surface area contributed by atoms with E-state index >= 15 is 0 Å². The number of halogens is 3. The van der Waals surface area contributed by atoms with Gasteiger partial charge >= 0.3 is 6.18 Å². The smallest absolute Gasteiger partial charge is 0.417 e. The summed E-state index contributed by atoms with van der Waals surface area (Å²) in [6.45, 7) is 6.99. The normalized spacial score (nSPS) is 12.9. The average Bonchev–Trinajstić information content (AvgIpc) is 2.68. The highest BCUT2D eigenvalue weighted by Crippen LogP contribution is 2.36. The molecular weight excluding hydrogens is 469 g/mol. The number of alkyl halides is 3. The Morgan fingerprint density at radius 3 is 2.12 bits per heavy atom. The average molecular weight is 495 g/mol. The van der Waals surface area contributed by atoms with Crippen LogP contribution in [0.3, 0.4) is 0 Å². The molecule has 2 aromatic carbocycles. The number of anilines is 1. The van der Waals surface area contributed by atoms with Crippen molar-refractivity contribution in [3.8, 4) is 5.75 Å². The van der Waals surface area contributed by atoms with Gasteiger partial charge in [0.15, 0.2) is 0 Å². The van der Waals surface area contributed by atoms with Gasteiger partial charge in [0.25, 0.3) is 10.0 Å². The Morgan fingerprint density at radius 1 is 1.00 bits per heavy atom. The minimum atomic E-state index is -4.91. The number of hydrogen-bond donors (Lipinski definition) is 1. The van der Waals surface area contributed by atoms with Crippen LogP contribution in [0, 0.1) is 0 Å². The van der Waals surface area contributed by atoms with E-state index in [1.54, 1.807) is 27.7 Å². The van der Waals surface area contributed by atoms with Crippen molar-refractivity contribution in [2.24, 2.45) is 0 Å². The van der Waals surface area contributed by atoms with Gasteiger partial charge in [-0.25, -0.2) is 16.8 Å². The van der Waals surface area contributed by atoms with Gasteiger partial charge in [-0.05, 0) is 44.2 Å². The highest BCUT2D eigenvalue weighted by Gasteiger charge is 2.37. The number of benzene rings is 2. The van der Waals surface area contributed by atoms with E-state index in [0.29, 0.717) is 6.07 Å². The van der Waals surface area contributed by atoms with E-state index in [4.69, 9.17) is 4.74 Å². The van der Waals surface area contributed by atoms with Gasteiger partial charge < -0.3 is 4.74 Å². The first-order chi connectivity index (χ1) is 14.7. The summed E-state index contributed by atoms with van der Waals surface area (Å²) in [5.41, 5.74) is -1.63. The van der Waals surface area contributed by atoms with Crippen molar-refractivity contribution >= 4 is 25.7 Å². The molecule has 0 aromatic heterocycles. The molecule has 0 saturated heterocycles. The standard InChI is InChI=1S/C20H25F3N2O5S2/c1-5-25(6-2)32(28,29)15-11-12-18(30-14(3)4)17(13-15)24-31(26,27)19-10-8-7-9-16(19)20(21,22)23/h7-14,24H,5-6H2,1-4H3. The quantitative estimate of drug-likeness (QED) is 0.560. The second-order valence-corrected chi connectivity index (χ2v) is 10.6. The van der Waals surface area contributed by atoms with Gasteiger partial charge in [-0.15, -0.1) is 0 Å². The summed E-state index contributed by atoms with van der Waals surface area (Å²) in [5, 5.41) is 0. The fourth-order valence-electron chi connectivity index (χ4n) is 2.95. The summed E-state index contributed by atoms with van der Waals surface area (Å²) < 4.78 is 100. The van der Waals surface area contributed by atoms with Gasteiger partial charge in [-0.3, -0.25) is 4.72 Å². The second-order valence-electron chi connectivity index (χ2n) is 7.01. The molecule has 1 N–H and O–H groups in total. The number of sulfonamides is 2. The Morgan fingerprint density at radius 2 is 1.59 bits per heavy atom. The van der Waals surface area contributed by atoms with Gasteiger partial charge in [0.1, 0.15) is 5.75 Å². The zero-order valence-electron chi connectivity index (χ0n) is 18.0. The molecule has 0 saturated carbocycles. The maximum Gasteiger partial charge on any atom is 0.417 e. The zero-order chi connectivity index (χ0) is 24.3. The van der Waals surface area contributed by atoms with Crippen molar-refractivity contribution in [2.75, 3.05) is 17.8 Å². The maximum atomic E-state index is 13.4. The molecular formula is C20H25F3N2O5S2. The molecule has 2 rings (SSSR count). The van der Waals surface area contributed by atoms with E-state index in [1.807, 2.05) is 0 Å². The lowest BCUT2D eigenvalue weighted by Gasteiger charge is -2.21. The SMILES string of the molecule is CCN(CC)S(=O)(=O)c1ccc(OC(C)C)c(NS(=O)(=O)c2ccccc2C(F)(F)F)c1. The lowest BCUT2D eigenvalue weighted by Crippen LogP contribution is -2.30. The van der Waals surface area contributed by atoms with Crippen LogP contribution >= 0.6 is 0 Å². The summed E-state index contributed by atoms with van der Waals surface area (Å²) in [5.74, 6) is -0.0217. The molecule has 0 aliphatic heterocycles. The van der Waals surface area contributed by atoms with Crippen LogP contribution in [0.2, 0.25) is 0 Å². The lowest BCUT2D eigenvalue weighted by molar-refractivity contribution is -0.139. The first-order valence-electron chi connectivity index (χ1n) is 9.74. The number of rotatable bonds is 9. The van der Waals surface area contributed by atoms with Crippen LogP contribution in [0.1, 0.15) is 33.3 Å². The molecule has 0 heterocycles. The first-order valence-corrected chi connectivity index (χ1v) is 12.7. The maximum absolute atomic E-state index is 13.4. The lowest BCUT2D eigenvalue weighted by atomic mass is 10.2. The molecule has 0 aliphatic carbocycles. The molecule has 0 atom stereocenters. The molecule has 7 nitrogen and oxygen atoms in total. The van der Waals surface area contributed by atoms with Crippen LogP contribution < -0.4 is 9.46 Å². The molecule has 0 fully saturated rings. The zero-order valence-corrected chi connectivity index (χ0v) is 19.6. The van der Waals surface area contributed by atoms with Crippen molar-refractivity contribution in [1.82, 2.24) is 4.31 Å². The van der Waals surface area contributed by atoms with Crippen LogP contribution in [0.5, 0.6) is 5.75 Å². The van der Waals surface area contributed by atoms with Crippen LogP contribution in [-0.4, -0.2) is 40.3 Å². The summed E-state index contributed by atoms with van der Waals surface area (Å²) >= 11 is 0. The minimum absolute atomic E-state index is 0.0217. The molecule has 0 bridgehead atoms. The minimum Gasteiger partial charge on any atom is -0.489 e. The summed E-state index contributed by atoms with van der Waals surface area (Å²) in [6, 6.07) is 7.28. The van der Waals surface area contributed by atoms with Crippen LogP contribution in [0.15, 0.2) is 52.3 Å². The van der Waals surface area contributed by atoms with Gasteiger partial charge in [0.05, 0.1) is 27.1 Å². The van der Waals surface area contributed by atoms with Crippen molar-refractivity contribution < 1.29 is 34.7 Å². The van der Waals surface area contributed by atoms with E-state index in [9.17, 15) is 30.0 Å². The third-order valence-corrected chi connectivity index (χ3v) is 7.85. The first kappa shape index (κ1) is 25.9. The van der Waals surface area contributed by atoms with Crippen molar-refractivity contribution in [3.63, 3.8) is 0 Å². The summed E-state index contributed by atoms with van der Waals surface area (Å²) in [7, 11) is -8.70. The largest absolute Gasteiger partial charge is 0.489 e. The second kappa shape index (κ2) is 9.67. The number of nitrogens with zero attached hydrogens (tertiary/aromatic N) is 1. The summed E-state index contributed by atoms with van der Waals surface area (Å²) in [4.78, 5) is -1.21. The molecule has 0 radical (unpaired) electrons. The van der Waals surface area contributed by atoms with Crippen molar-refractivity contribution in [2.45, 2.75) is 49.8 Å². The molecule has 2 aromatic rings. The van der Waals surface area contributed by atoms with Gasteiger partial charge in [-0.2, -0.15) is 17.5 Å². The van der Waals surface area contributed by atoms with Crippen LogP contribution in [0.25, 0.3) is 0 Å². The predicted molar refractivity (Wildman–Crippen MR) is 115 cm³/mol. The monoisotopic (exact) mass is 494 g/mol. The molecule has 32 heavy (non-hydrogen) atoms. The van der Waals surface area contributed by atoms with Crippen molar-refractivity contribution in [1.29, 1.82) is 0 Å². The fourth-order valence-corrected chi connectivity index (χ4v) is 5.73. The Kier molecular flexibility index (Phi) is 7.84. The van der Waals surface area contributed by atoms with Crippen molar-refractivity contribution in [3.05, 3.63) is 48.0 Å². The number of nitrogens with one attached hydrogen (secondary N) is 1. The van der Waals surface area contributed by atoms with E-state index < -0.39 is 42.8 Å². The fraction of sp³-hybridized carbons (Fsp3) is 0.400. The Balaban J connectivity index is 2.63. The van der Waals surface area contributed by atoms with Gasteiger partial charge in [0, 0.05) is 13.1 Å². The highest BCUT2D eigenvalue weighted by atomic mass is 32.2. The Bertz CT molecular complexity index is 1160. The van der Waals surface area contributed by atoms with E-state index in [1.165, 1.54) is 16.4 Å². The third-order valence-electron chi connectivity index (χ3n) is 4.38. The number of ether oxygens (including phenoxy) is 1. The van der Waals surface area contributed by atoms with E-state index in [2.05, 4.69) is 4.72 Å². The molecule has 0 aliphatic rings. The van der Waals surface area contributed by atoms with Gasteiger partial charge in [-0.1, -0.05) is 26.0 Å². The van der Waals surface area contributed by atoms with E-state index in [0.717, 1.165) is 24.3 Å². The third kappa shape index (κ3) is 5.73. The topological polar surface area (TPSA) is 92.8 Å². The predicted octanol–water partition coefficient (Wildman–Crippen LogP) is 4.32. The van der Waals surface area contributed by atoms with Crippen LogP contribution in [-0.2, 0) is 26.2 Å². The number of hydrogen-bond acceptors (Lipinski definition) is 5. The molecule has 0 spiro atoms. The van der Waals surface area contributed by atoms with Gasteiger partial charge in [0.2, 0.25) is 10.0 Å². The molecule has 0 unspecified atom stereocenters. The molecule has 12 heteroatoms. The Labute approximate surface area is 186 Å². The summed E-state index contributed by atoms with van der Waals surface area (Å²) in [6.07, 6.45) is -5.32. The van der Waals surface area contributed by atoms with E-state index in [-0.39, 0.29) is 29.4 Å². The van der Waals surface area contributed by atoms with Crippen LogP contribution in [0.4, 0.5) is 18.9 Å². The Hall–Kier alpha value is -2.31. The highest BCUT2D eigenvalue weighted by molar-refractivity contribution is 7.92.